The molecule has 1 aliphatic rings. The van der Waals surface area contributed by atoms with E-state index in [1.54, 1.807) is 13.2 Å². The van der Waals surface area contributed by atoms with Crippen molar-refractivity contribution in [3.63, 3.8) is 0 Å². The molecule has 0 aromatic heterocycles. The Labute approximate surface area is 172 Å². The Morgan fingerprint density at radius 1 is 1.03 bits per heavy atom. The topological polar surface area (TPSA) is 53.8 Å². The summed E-state index contributed by atoms with van der Waals surface area (Å²) in [5.74, 6) is 1.36. The number of nitrogens with one attached hydrogen (secondary N) is 1. The quantitative estimate of drug-likeness (QED) is 0.665. The Kier molecular flexibility index (Phi) is 5.13. The molecule has 4 nitrogen and oxygen atoms in total. The van der Waals surface area contributed by atoms with Gasteiger partial charge in [-0.2, -0.15) is 0 Å². The van der Waals surface area contributed by atoms with Crippen LogP contribution in [0.25, 0.3) is 6.08 Å². The van der Waals surface area contributed by atoms with Crippen molar-refractivity contribution in [1.82, 2.24) is 5.32 Å². The zero-order chi connectivity index (χ0) is 20.4. The third-order valence-electron chi connectivity index (χ3n) is 5.15. The van der Waals surface area contributed by atoms with Crippen molar-refractivity contribution in [2.75, 3.05) is 7.11 Å². The Morgan fingerprint density at radius 3 is 2.34 bits per heavy atom. The third kappa shape index (κ3) is 3.76. The number of rotatable bonds is 5. The van der Waals surface area contributed by atoms with Gasteiger partial charge in [0.25, 0.3) is 0 Å². The molecule has 0 unspecified atom stereocenters. The van der Waals surface area contributed by atoms with E-state index in [1.807, 2.05) is 54.6 Å². The summed E-state index contributed by atoms with van der Waals surface area (Å²) in [4.78, 5) is 4.93. The van der Waals surface area contributed by atoms with Crippen molar-refractivity contribution in [2.24, 2.45) is 4.99 Å². The molecule has 0 aliphatic carbocycles. The maximum Gasteiger partial charge on any atom is 0.133 e. The van der Waals surface area contributed by atoms with E-state index >= 15 is 0 Å². The molecule has 0 fully saturated rings. The van der Waals surface area contributed by atoms with Crippen molar-refractivity contribution in [3.05, 3.63) is 95.6 Å². The highest BCUT2D eigenvalue weighted by molar-refractivity contribution is 6.32. The van der Waals surface area contributed by atoms with Gasteiger partial charge in [0.15, 0.2) is 0 Å². The molecular weight excluding hydrogens is 359 g/mol. The maximum absolute atomic E-state index is 10.5. The zero-order valence-corrected chi connectivity index (χ0v) is 16.2. The number of ether oxygens (including phenoxy) is 1. The third-order valence-corrected chi connectivity index (χ3v) is 5.15. The summed E-state index contributed by atoms with van der Waals surface area (Å²) in [6, 6.07) is 20.9. The predicted molar refractivity (Wildman–Crippen MR) is 118 cm³/mol. The number of methoxy groups -OCH3 is 1. The molecule has 1 aliphatic heterocycles. The minimum Gasteiger partial charge on any atom is -0.507 e. The van der Waals surface area contributed by atoms with Gasteiger partial charge in [-0.1, -0.05) is 66.6 Å². The fourth-order valence-corrected chi connectivity index (χ4v) is 3.53. The fraction of sp³-hybridized carbons (Fsp3) is 0.125. The molecule has 3 aromatic rings. The Morgan fingerprint density at radius 2 is 1.72 bits per heavy atom. The lowest BCUT2D eigenvalue weighted by Crippen LogP contribution is -2.25. The van der Waals surface area contributed by atoms with Gasteiger partial charge in [-0.25, -0.2) is 0 Å². The van der Waals surface area contributed by atoms with E-state index < -0.39 is 0 Å². The van der Waals surface area contributed by atoms with Crippen LogP contribution in [0.2, 0.25) is 0 Å². The Bertz CT molecular complexity index is 1060. The van der Waals surface area contributed by atoms with Crippen LogP contribution in [-0.2, 0) is 0 Å². The molecule has 142 valence electrons. The molecule has 2 N–H and O–H groups in total. The number of amidine groups is 1. The van der Waals surface area contributed by atoms with Crippen molar-refractivity contribution < 1.29 is 9.84 Å². The van der Waals surface area contributed by atoms with Crippen molar-refractivity contribution in [1.29, 1.82) is 0 Å². The van der Waals surface area contributed by atoms with Crippen LogP contribution in [0.1, 0.15) is 34.3 Å². The maximum atomic E-state index is 10.5. The average molecular weight is 380 g/mol. The van der Waals surface area contributed by atoms with Crippen LogP contribution in [-0.4, -0.2) is 25.9 Å². The molecule has 2 atom stereocenters. The Hall–Kier alpha value is -3.47. The van der Waals surface area contributed by atoms with E-state index in [-0.39, 0.29) is 17.8 Å². The number of hydrogen-bond donors (Lipinski definition) is 2. The monoisotopic (exact) mass is 380 g/mol. The molecule has 0 amide bonds. The standard InChI is InChI=1S/C24H21BN2O2/c1-3-15-4-6-16(7-5-15)22-23(17-8-10-18(25)11-9-17)27-24(26-22)20-13-12-19(29-2)14-21(20)28/h3-14,22-23,28H,1H2,2H3,(H,26,27)/t22-,23+/m1/s1. The van der Waals surface area contributed by atoms with Gasteiger partial charge in [-0.3, -0.25) is 4.99 Å². The van der Waals surface area contributed by atoms with Crippen LogP contribution >= 0.6 is 0 Å². The van der Waals surface area contributed by atoms with Crippen LogP contribution in [0.5, 0.6) is 11.5 Å². The lowest BCUT2D eigenvalue weighted by Gasteiger charge is -2.20. The van der Waals surface area contributed by atoms with Gasteiger partial charge in [-0.05, 0) is 28.8 Å². The summed E-state index contributed by atoms with van der Waals surface area (Å²) in [7, 11) is 7.43. The fourth-order valence-electron chi connectivity index (χ4n) is 3.53. The van der Waals surface area contributed by atoms with Crippen molar-refractivity contribution in [2.45, 2.75) is 12.1 Å². The minimum atomic E-state index is -0.144. The van der Waals surface area contributed by atoms with Crippen LogP contribution in [0.15, 0.2) is 78.3 Å². The van der Waals surface area contributed by atoms with Crippen LogP contribution in [0.3, 0.4) is 0 Å². The number of benzene rings is 3. The molecule has 0 saturated carbocycles. The summed E-state index contributed by atoms with van der Waals surface area (Å²) in [6.07, 6.45) is 1.82. The number of hydrogen-bond acceptors (Lipinski definition) is 4. The molecule has 0 saturated heterocycles. The van der Waals surface area contributed by atoms with Crippen molar-refractivity contribution in [3.8, 4) is 11.5 Å². The first-order chi connectivity index (χ1) is 14.1. The molecule has 2 radical (unpaired) electrons. The number of phenols is 1. The highest BCUT2D eigenvalue weighted by atomic mass is 16.5. The molecule has 4 rings (SSSR count). The smallest absolute Gasteiger partial charge is 0.133 e. The summed E-state index contributed by atoms with van der Waals surface area (Å²) >= 11 is 0. The second kappa shape index (κ2) is 7.88. The molecule has 0 bridgehead atoms. The number of phenolic OH excluding ortho intramolecular Hbond substituents is 1. The normalized spacial score (nSPS) is 18.0. The molecule has 29 heavy (non-hydrogen) atoms. The van der Waals surface area contributed by atoms with E-state index in [4.69, 9.17) is 17.6 Å². The van der Waals surface area contributed by atoms with Crippen LogP contribution < -0.4 is 15.5 Å². The summed E-state index contributed by atoms with van der Waals surface area (Å²) < 4.78 is 5.19. The second-order valence-electron chi connectivity index (χ2n) is 6.97. The van der Waals surface area contributed by atoms with Gasteiger partial charge in [0, 0.05) is 6.07 Å². The first-order valence-electron chi connectivity index (χ1n) is 9.38. The van der Waals surface area contributed by atoms with Gasteiger partial charge in [0.2, 0.25) is 0 Å². The molecule has 1 heterocycles. The number of nitrogens with zero attached hydrogens (tertiary/aromatic N) is 1. The Balaban J connectivity index is 1.75. The van der Waals surface area contributed by atoms with E-state index in [9.17, 15) is 5.11 Å². The number of aromatic hydroxyl groups is 1. The van der Waals surface area contributed by atoms with E-state index in [0.717, 1.165) is 16.7 Å². The zero-order valence-electron chi connectivity index (χ0n) is 16.2. The lowest BCUT2D eigenvalue weighted by atomic mass is 9.90. The molecular formula is C24H21BN2O2. The first kappa shape index (κ1) is 18.9. The van der Waals surface area contributed by atoms with Gasteiger partial charge in [0.05, 0.1) is 18.7 Å². The van der Waals surface area contributed by atoms with E-state index in [1.165, 1.54) is 0 Å². The van der Waals surface area contributed by atoms with Gasteiger partial charge in [-0.15, -0.1) is 0 Å². The summed E-state index contributed by atoms with van der Waals surface area (Å²) in [5.41, 5.74) is 4.56. The highest BCUT2D eigenvalue weighted by Gasteiger charge is 2.32. The summed E-state index contributed by atoms with van der Waals surface area (Å²) in [5, 5.41) is 14.0. The van der Waals surface area contributed by atoms with E-state index in [2.05, 4.69) is 24.0 Å². The predicted octanol–water partition coefficient (Wildman–Crippen LogP) is 3.67. The average Bonchev–Trinajstić information content (AvgIpc) is 3.19. The summed E-state index contributed by atoms with van der Waals surface area (Å²) in [6.45, 7) is 3.81. The highest BCUT2D eigenvalue weighted by Crippen LogP contribution is 2.38. The molecule has 3 aromatic carbocycles. The van der Waals surface area contributed by atoms with E-state index in [0.29, 0.717) is 22.6 Å². The van der Waals surface area contributed by atoms with Crippen LogP contribution in [0, 0.1) is 0 Å². The largest absolute Gasteiger partial charge is 0.507 e. The van der Waals surface area contributed by atoms with Gasteiger partial charge >= 0.3 is 0 Å². The SMILES string of the molecule is [B]c1ccc([C@@H]2NC(c3ccc(OC)cc3O)=N[C@@H]2c2ccc(C=C)cc2)cc1. The number of aliphatic imine (C=N–C) groups is 1. The van der Waals surface area contributed by atoms with Gasteiger partial charge in [0.1, 0.15) is 31.2 Å². The van der Waals surface area contributed by atoms with Crippen molar-refractivity contribution >= 4 is 25.2 Å². The second-order valence-corrected chi connectivity index (χ2v) is 6.97. The molecule has 0 spiro atoms. The first-order valence-corrected chi connectivity index (χ1v) is 9.38. The van der Waals surface area contributed by atoms with Gasteiger partial charge < -0.3 is 15.2 Å². The minimum absolute atomic E-state index is 0.0818. The molecule has 5 heteroatoms. The van der Waals surface area contributed by atoms with Crippen LogP contribution in [0.4, 0.5) is 0 Å². The lowest BCUT2D eigenvalue weighted by molar-refractivity contribution is 0.407.